The van der Waals surface area contributed by atoms with Gasteiger partial charge in [-0.25, -0.2) is 0 Å². The molecule has 1 amide bonds. The van der Waals surface area contributed by atoms with Crippen molar-refractivity contribution in [1.82, 2.24) is 5.32 Å². The minimum absolute atomic E-state index is 0.233. The van der Waals surface area contributed by atoms with Crippen LogP contribution in [0.15, 0.2) is 36.5 Å². The summed E-state index contributed by atoms with van der Waals surface area (Å²) in [5.41, 5.74) is 0. The molecular weight excluding hydrogens is 1430 g/mol. The zero-order valence-corrected chi connectivity index (χ0v) is 72.1. The third-order valence-corrected chi connectivity index (χ3v) is 24.0. The zero-order valence-electron chi connectivity index (χ0n) is 72.1. The molecule has 3 heterocycles. The van der Waals surface area contributed by atoms with Crippen LogP contribution in [0.4, 0.5) is 0 Å². The van der Waals surface area contributed by atoms with Crippen molar-refractivity contribution in [2.24, 2.45) is 0 Å². The molecule has 666 valence electrons. The van der Waals surface area contributed by atoms with E-state index >= 15 is 0 Å². The Morgan fingerprint density at radius 1 is 0.319 bits per heavy atom. The number of aliphatic hydroxyl groups is 11. The Morgan fingerprint density at radius 3 is 0.912 bits per heavy atom. The van der Waals surface area contributed by atoms with E-state index in [-0.39, 0.29) is 18.9 Å². The second kappa shape index (κ2) is 73.9. The molecule has 0 saturated carbocycles. The number of aliphatic hydroxyl groups excluding tert-OH is 11. The van der Waals surface area contributed by atoms with Crippen LogP contribution >= 0.6 is 0 Å². The number of unbranched alkanes of at least 4 members (excludes halogenated alkanes) is 57. The van der Waals surface area contributed by atoms with Gasteiger partial charge in [-0.2, -0.15) is 0 Å². The molecule has 0 aromatic carbocycles. The van der Waals surface area contributed by atoms with E-state index in [0.717, 1.165) is 57.8 Å². The van der Waals surface area contributed by atoms with Crippen LogP contribution in [-0.2, 0) is 33.2 Å². The lowest BCUT2D eigenvalue weighted by Gasteiger charge is -2.48. The molecule has 19 heteroatoms. The minimum Gasteiger partial charge on any atom is -0.394 e. The Kier molecular flexibility index (Phi) is 68.8. The molecule has 19 nitrogen and oxygen atoms in total. The maximum absolute atomic E-state index is 13.6. The molecule has 3 saturated heterocycles. The lowest BCUT2D eigenvalue weighted by Crippen LogP contribution is -2.66. The van der Waals surface area contributed by atoms with Crippen LogP contribution in [0, 0.1) is 0 Å². The first kappa shape index (κ1) is 105. The van der Waals surface area contributed by atoms with Gasteiger partial charge < -0.3 is 89.9 Å². The highest BCUT2D eigenvalue weighted by atomic mass is 16.8. The van der Waals surface area contributed by atoms with E-state index in [9.17, 15) is 61.0 Å². The second-order valence-corrected chi connectivity index (χ2v) is 34.2. The highest BCUT2D eigenvalue weighted by Crippen LogP contribution is 2.34. The summed E-state index contributed by atoms with van der Waals surface area (Å²) in [7, 11) is 0. The smallest absolute Gasteiger partial charge is 0.220 e. The molecule has 3 aliphatic rings. The molecule has 3 fully saturated rings. The molecule has 3 aliphatic heterocycles. The normalized spacial score (nSPS) is 24.9. The molecule has 0 aromatic rings. The lowest BCUT2D eigenvalue weighted by atomic mass is 9.96. The summed E-state index contributed by atoms with van der Waals surface area (Å²) in [5, 5.41) is 121. The van der Waals surface area contributed by atoms with Gasteiger partial charge in [-0.1, -0.05) is 403 Å². The maximum atomic E-state index is 13.6. The van der Waals surface area contributed by atoms with Crippen molar-refractivity contribution < 1.29 is 89.4 Å². The molecule has 0 spiro atoms. The first-order valence-corrected chi connectivity index (χ1v) is 47.7. The fourth-order valence-electron chi connectivity index (χ4n) is 16.4. The first-order valence-electron chi connectivity index (χ1n) is 47.7. The summed E-state index contributed by atoms with van der Waals surface area (Å²) in [4.78, 5) is 13.6. The zero-order chi connectivity index (χ0) is 81.7. The van der Waals surface area contributed by atoms with Crippen LogP contribution in [0.25, 0.3) is 0 Å². The predicted molar refractivity (Wildman–Crippen MR) is 457 cm³/mol. The number of carbonyl (C=O) groups excluding carboxylic acids is 1. The Bertz CT molecular complexity index is 2170. The van der Waals surface area contributed by atoms with E-state index in [0.29, 0.717) is 12.8 Å². The molecule has 17 unspecified atom stereocenters. The van der Waals surface area contributed by atoms with Crippen molar-refractivity contribution in [1.29, 1.82) is 0 Å². The van der Waals surface area contributed by atoms with Gasteiger partial charge >= 0.3 is 0 Å². The SMILES string of the molecule is CCCCCCC/C=C\C/C=C\C/C=C\CCCCCCCCCCCCCCCCCCCCCCCCC(=O)NC(COC1OC(CO)C(OC2OC(CO)C(OC3OC(CO)C(O)C(O)C3O)C(O)C2O)C(O)C1O)C(O)CCCCCCCCCCCCCCCCCCCCCCCCCCCCCCCCC. The van der Waals surface area contributed by atoms with Crippen LogP contribution in [0.3, 0.4) is 0 Å². The number of carbonyl (C=O) groups is 1. The van der Waals surface area contributed by atoms with Gasteiger partial charge in [0, 0.05) is 6.42 Å². The summed E-state index contributed by atoms with van der Waals surface area (Å²) in [6, 6.07) is -0.888. The van der Waals surface area contributed by atoms with Gasteiger partial charge in [-0.15, -0.1) is 0 Å². The van der Waals surface area contributed by atoms with Gasteiger partial charge in [-0.05, 0) is 51.4 Å². The number of hydrogen-bond acceptors (Lipinski definition) is 18. The number of rotatable bonds is 79. The average molecular weight is 1610 g/mol. The van der Waals surface area contributed by atoms with E-state index in [1.807, 2.05) is 0 Å². The summed E-state index contributed by atoms with van der Waals surface area (Å²) in [6.07, 6.45) is 68.4. The number of amides is 1. The van der Waals surface area contributed by atoms with E-state index in [4.69, 9.17) is 28.4 Å². The Hall–Kier alpha value is -1.99. The van der Waals surface area contributed by atoms with Crippen molar-refractivity contribution >= 4 is 5.91 Å². The molecule has 17 atom stereocenters. The molecule has 113 heavy (non-hydrogen) atoms. The largest absolute Gasteiger partial charge is 0.394 e. The number of allylic oxidation sites excluding steroid dienone is 6. The number of nitrogens with one attached hydrogen (secondary N) is 1. The number of ether oxygens (including phenoxy) is 6. The number of hydrogen-bond donors (Lipinski definition) is 12. The fourth-order valence-corrected chi connectivity index (χ4v) is 16.4. The van der Waals surface area contributed by atoms with Crippen LogP contribution in [0.2, 0.25) is 0 Å². The van der Waals surface area contributed by atoms with Crippen molar-refractivity contribution in [3.8, 4) is 0 Å². The molecule has 12 N–H and O–H groups in total. The monoisotopic (exact) mass is 1610 g/mol. The molecule has 0 aliphatic carbocycles. The van der Waals surface area contributed by atoms with Crippen LogP contribution in [0.5, 0.6) is 0 Å². The third kappa shape index (κ3) is 52.1. The Balaban J connectivity index is 1.29. The van der Waals surface area contributed by atoms with Gasteiger partial charge in [0.1, 0.15) is 73.2 Å². The third-order valence-electron chi connectivity index (χ3n) is 24.0. The molecule has 0 radical (unpaired) electrons. The maximum Gasteiger partial charge on any atom is 0.220 e. The Labute approximate surface area is 689 Å². The second-order valence-electron chi connectivity index (χ2n) is 34.2. The van der Waals surface area contributed by atoms with Crippen molar-refractivity contribution in [2.75, 3.05) is 26.4 Å². The molecule has 0 bridgehead atoms. The first-order chi connectivity index (χ1) is 55.3. The van der Waals surface area contributed by atoms with Gasteiger partial charge in [0.05, 0.1) is 38.6 Å². The lowest BCUT2D eigenvalue weighted by molar-refractivity contribution is -0.379. The average Bonchev–Trinajstić information content (AvgIpc) is 0.779. The van der Waals surface area contributed by atoms with Gasteiger partial charge in [0.2, 0.25) is 5.91 Å². The quantitative estimate of drug-likeness (QED) is 0.0199. The summed E-state index contributed by atoms with van der Waals surface area (Å²) in [6.45, 7) is 1.87. The van der Waals surface area contributed by atoms with E-state index in [2.05, 4.69) is 55.6 Å². The fraction of sp³-hybridized carbons (Fsp3) is 0.926. The van der Waals surface area contributed by atoms with E-state index in [1.54, 1.807) is 0 Å². The highest BCUT2D eigenvalue weighted by molar-refractivity contribution is 5.76. The standard InChI is InChI=1S/C94H177NO18/c1-3-5-7-9-11-13-15-17-19-21-23-25-27-29-31-33-35-36-37-38-39-40-42-44-46-48-50-52-54-56-58-60-62-64-66-68-70-72-82(100)95-77(78(99)71-69-67-65-63-61-59-57-55-53-51-49-47-45-43-41-34-32-30-28-26-24-22-20-18-16-14-12-10-8-6-4-2)76-108-92-88(106)85(103)90(80(74-97)110-92)113-94-89(107)86(104)91(81(75-98)111-94)112-93-87(105)84(102)83(101)79(73-96)109-93/h15,17,21,23,27,29,77-81,83-94,96-99,101-107H,3-14,16,18-20,22,24-26,28,30-76H2,1-2H3,(H,95,100)/b17-15-,23-21-,29-27-. The summed E-state index contributed by atoms with van der Waals surface area (Å²) < 4.78 is 34.6. The topological polar surface area (TPSA) is 307 Å². The summed E-state index contributed by atoms with van der Waals surface area (Å²) >= 11 is 0. The summed E-state index contributed by atoms with van der Waals surface area (Å²) in [5.74, 6) is -0.233. The van der Waals surface area contributed by atoms with Gasteiger partial charge in [0.25, 0.3) is 0 Å². The molecular formula is C94H177NO18. The van der Waals surface area contributed by atoms with Gasteiger partial charge in [0.15, 0.2) is 18.9 Å². The van der Waals surface area contributed by atoms with Crippen molar-refractivity contribution in [3.05, 3.63) is 36.5 Å². The van der Waals surface area contributed by atoms with Crippen molar-refractivity contribution in [3.63, 3.8) is 0 Å². The predicted octanol–water partition coefficient (Wildman–Crippen LogP) is 19.0. The molecule has 3 rings (SSSR count). The van der Waals surface area contributed by atoms with E-state index < -0.39 is 124 Å². The van der Waals surface area contributed by atoms with E-state index in [1.165, 1.54) is 334 Å². The van der Waals surface area contributed by atoms with Crippen LogP contribution in [0.1, 0.15) is 425 Å². The highest BCUT2D eigenvalue weighted by Gasteiger charge is 2.54. The van der Waals surface area contributed by atoms with Crippen LogP contribution < -0.4 is 5.32 Å². The molecule has 0 aromatic heterocycles. The minimum atomic E-state index is -1.97. The van der Waals surface area contributed by atoms with Gasteiger partial charge in [-0.3, -0.25) is 4.79 Å². The van der Waals surface area contributed by atoms with Crippen LogP contribution in [-0.4, -0.2) is 193 Å². The van der Waals surface area contributed by atoms with Crippen molar-refractivity contribution in [2.45, 2.75) is 529 Å². The Morgan fingerprint density at radius 2 is 0.584 bits per heavy atom.